The van der Waals surface area contributed by atoms with Crippen molar-refractivity contribution in [1.29, 1.82) is 0 Å². The number of piperazine rings is 1. The van der Waals surface area contributed by atoms with Gasteiger partial charge in [0.15, 0.2) is 5.76 Å². The van der Waals surface area contributed by atoms with Gasteiger partial charge in [0.05, 0.1) is 18.2 Å². The van der Waals surface area contributed by atoms with Gasteiger partial charge in [-0.3, -0.25) is 9.48 Å². The first-order valence-electron chi connectivity index (χ1n) is 7.23. The third-order valence-corrected chi connectivity index (χ3v) is 6.07. The van der Waals surface area contributed by atoms with Crippen molar-refractivity contribution in [2.75, 3.05) is 26.2 Å². The van der Waals surface area contributed by atoms with Gasteiger partial charge in [0.2, 0.25) is 10.0 Å². The minimum Gasteiger partial charge on any atom is -0.459 e. The van der Waals surface area contributed by atoms with E-state index in [9.17, 15) is 13.2 Å². The van der Waals surface area contributed by atoms with E-state index in [1.807, 2.05) is 0 Å². The summed E-state index contributed by atoms with van der Waals surface area (Å²) in [5.41, 5.74) is 0.596. The third kappa shape index (κ3) is 2.77. The smallest absolute Gasteiger partial charge is 0.289 e. The fourth-order valence-corrected chi connectivity index (χ4v) is 4.17. The van der Waals surface area contributed by atoms with Crippen molar-refractivity contribution >= 4 is 15.9 Å². The van der Waals surface area contributed by atoms with Crippen LogP contribution in [0.4, 0.5) is 0 Å². The second-order valence-electron chi connectivity index (χ2n) is 5.39. The van der Waals surface area contributed by atoms with Gasteiger partial charge in [0.25, 0.3) is 5.91 Å². The molecule has 0 N–H and O–H groups in total. The van der Waals surface area contributed by atoms with Gasteiger partial charge in [0, 0.05) is 33.2 Å². The fourth-order valence-electron chi connectivity index (χ4n) is 2.56. The molecule has 3 rings (SSSR count). The number of aromatic nitrogens is 2. The number of amides is 1. The van der Waals surface area contributed by atoms with E-state index in [1.54, 1.807) is 31.0 Å². The minimum absolute atomic E-state index is 0.214. The Hall–Kier alpha value is -2.13. The molecular weight excluding hydrogens is 320 g/mol. The molecule has 3 heterocycles. The summed E-state index contributed by atoms with van der Waals surface area (Å²) in [4.78, 5) is 14.0. The van der Waals surface area contributed by atoms with Gasteiger partial charge in [-0.2, -0.15) is 9.40 Å². The van der Waals surface area contributed by atoms with Crippen LogP contribution in [0.5, 0.6) is 0 Å². The molecule has 2 aromatic heterocycles. The standard InChI is InChI=1S/C14H18N4O4S/c1-11-13(10-15-16(11)2)23(20,21)18-7-5-17(6-8-18)14(19)12-4-3-9-22-12/h3-4,9-10H,5-8H2,1-2H3. The summed E-state index contributed by atoms with van der Waals surface area (Å²) in [6, 6.07) is 3.25. The number of aryl methyl sites for hydroxylation is 1. The van der Waals surface area contributed by atoms with Crippen molar-refractivity contribution in [3.63, 3.8) is 0 Å². The molecule has 0 bridgehead atoms. The van der Waals surface area contributed by atoms with Crippen molar-refractivity contribution in [1.82, 2.24) is 19.0 Å². The molecule has 0 aliphatic carbocycles. The lowest BCUT2D eigenvalue weighted by molar-refractivity contribution is 0.0666. The highest BCUT2D eigenvalue weighted by Crippen LogP contribution is 2.21. The highest BCUT2D eigenvalue weighted by molar-refractivity contribution is 7.89. The molecule has 0 saturated carbocycles. The van der Waals surface area contributed by atoms with E-state index in [1.165, 1.54) is 21.4 Å². The fraction of sp³-hybridized carbons (Fsp3) is 0.429. The van der Waals surface area contributed by atoms with Crippen LogP contribution in [0.2, 0.25) is 0 Å². The number of carbonyl (C=O) groups is 1. The molecule has 1 saturated heterocycles. The zero-order chi connectivity index (χ0) is 16.6. The topological polar surface area (TPSA) is 88.7 Å². The zero-order valence-corrected chi connectivity index (χ0v) is 13.8. The maximum atomic E-state index is 12.7. The normalized spacial score (nSPS) is 16.7. The van der Waals surface area contributed by atoms with Crippen molar-refractivity contribution in [2.24, 2.45) is 7.05 Å². The molecule has 23 heavy (non-hydrogen) atoms. The number of rotatable bonds is 3. The largest absolute Gasteiger partial charge is 0.459 e. The Labute approximate surface area is 134 Å². The summed E-state index contributed by atoms with van der Waals surface area (Å²) >= 11 is 0. The third-order valence-electron chi connectivity index (χ3n) is 4.07. The van der Waals surface area contributed by atoms with Gasteiger partial charge in [0.1, 0.15) is 4.90 Å². The van der Waals surface area contributed by atoms with E-state index in [0.29, 0.717) is 18.8 Å². The molecule has 1 amide bonds. The molecule has 0 aromatic carbocycles. The van der Waals surface area contributed by atoms with Crippen molar-refractivity contribution in [2.45, 2.75) is 11.8 Å². The van der Waals surface area contributed by atoms with E-state index in [2.05, 4.69) is 5.10 Å². The predicted octanol–water partition coefficient (Wildman–Crippen LogP) is 0.468. The Morgan fingerprint density at radius 1 is 1.26 bits per heavy atom. The molecule has 1 aliphatic rings. The van der Waals surface area contributed by atoms with E-state index < -0.39 is 10.0 Å². The monoisotopic (exact) mass is 338 g/mol. The molecule has 1 aliphatic heterocycles. The minimum atomic E-state index is -3.59. The molecule has 0 spiro atoms. The highest BCUT2D eigenvalue weighted by Gasteiger charge is 2.32. The Kier molecular flexibility index (Phi) is 3.99. The molecular formula is C14H18N4O4S. The van der Waals surface area contributed by atoms with Crippen LogP contribution in [0.3, 0.4) is 0 Å². The molecule has 0 radical (unpaired) electrons. The number of sulfonamides is 1. The molecule has 2 aromatic rings. The van der Waals surface area contributed by atoms with Crippen LogP contribution in [-0.4, -0.2) is 59.5 Å². The van der Waals surface area contributed by atoms with Crippen molar-refractivity contribution < 1.29 is 17.6 Å². The maximum absolute atomic E-state index is 12.7. The summed E-state index contributed by atoms with van der Waals surface area (Å²) in [6.45, 7) is 2.89. The lowest BCUT2D eigenvalue weighted by atomic mass is 10.3. The van der Waals surface area contributed by atoms with Crippen LogP contribution in [0.15, 0.2) is 33.9 Å². The van der Waals surface area contributed by atoms with Crippen LogP contribution < -0.4 is 0 Å². The second kappa shape index (κ2) is 5.82. The van der Waals surface area contributed by atoms with Crippen LogP contribution in [0.1, 0.15) is 16.2 Å². The van der Waals surface area contributed by atoms with Gasteiger partial charge < -0.3 is 9.32 Å². The zero-order valence-electron chi connectivity index (χ0n) is 13.0. The van der Waals surface area contributed by atoms with Gasteiger partial charge in [-0.05, 0) is 19.1 Å². The van der Waals surface area contributed by atoms with Gasteiger partial charge in [-0.15, -0.1) is 0 Å². The molecule has 124 valence electrons. The first-order chi connectivity index (χ1) is 10.9. The Morgan fingerprint density at radius 2 is 1.96 bits per heavy atom. The quantitative estimate of drug-likeness (QED) is 0.811. The molecule has 8 nitrogen and oxygen atoms in total. The maximum Gasteiger partial charge on any atom is 0.289 e. The summed E-state index contributed by atoms with van der Waals surface area (Å²) in [7, 11) is -1.88. The lowest BCUT2D eigenvalue weighted by Crippen LogP contribution is -2.50. The average molecular weight is 338 g/mol. The Bertz CT molecular complexity index is 802. The van der Waals surface area contributed by atoms with Gasteiger partial charge >= 0.3 is 0 Å². The van der Waals surface area contributed by atoms with Crippen LogP contribution >= 0.6 is 0 Å². The lowest BCUT2D eigenvalue weighted by Gasteiger charge is -2.33. The Balaban J connectivity index is 1.71. The van der Waals surface area contributed by atoms with E-state index >= 15 is 0 Å². The van der Waals surface area contributed by atoms with Crippen molar-refractivity contribution in [3.05, 3.63) is 36.0 Å². The molecule has 1 fully saturated rings. The molecule has 0 atom stereocenters. The average Bonchev–Trinajstić information content (AvgIpc) is 3.18. The SMILES string of the molecule is Cc1c(S(=O)(=O)N2CCN(C(=O)c3ccco3)CC2)cnn1C. The number of nitrogens with zero attached hydrogens (tertiary/aromatic N) is 4. The van der Waals surface area contributed by atoms with Crippen LogP contribution in [0, 0.1) is 6.92 Å². The second-order valence-corrected chi connectivity index (χ2v) is 7.30. The van der Waals surface area contributed by atoms with Gasteiger partial charge in [-0.25, -0.2) is 8.42 Å². The Morgan fingerprint density at radius 3 is 2.48 bits per heavy atom. The van der Waals surface area contributed by atoms with E-state index in [-0.39, 0.29) is 29.7 Å². The number of carbonyl (C=O) groups excluding carboxylic acids is 1. The summed E-state index contributed by atoms with van der Waals surface area (Å²) in [6.07, 6.45) is 2.81. The van der Waals surface area contributed by atoms with Crippen LogP contribution in [-0.2, 0) is 17.1 Å². The number of hydrogen-bond acceptors (Lipinski definition) is 5. The first-order valence-corrected chi connectivity index (χ1v) is 8.67. The van der Waals surface area contributed by atoms with Gasteiger partial charge in [-0.1, -0.05) is 0 Å². The summed E-state index contributed by atoms with van der Waals surface area (Å²) in [5.74, 6) is 0.0500. The van der Waals surface area contributed by atoms with Crippen molar-refractivity contribution in [3.8, 4) is 0 Å². The van der Waals surface area contributed by atoms with E-state index in [0.717, 1.165) is 0 Å². The molecule has 0 unspecified atom stereocenters. The number of hydrogen-bond donors (Lipinski definition) is 0. The summed E-state index contributed by atoms with van der Waals surface area (Å²) in [5, 5.41) is 3.99. The number of furan rings is 1. The summed E-state index contributed by atoms with van der Waals surface area (Å²) < 4.78 is 33.4. The highest BCUT2D eigenvalue weighted by atomic mass is 32.2. The van der Waals surface area contributed by atoms with E-state index in [4.69, 9.17) is 4.42 Å². The molecule has 9 heteroatoms. The first kappa shape index (κ1) is 15.8. The predicted molar refractivity (Wildman–Crippen MR) is 81.3 cm³/mol. The van der Waals surface area contributed by atoms with Crippen LogP contribution in [0.25, 0.3) is 0 Å².